The molecule has 3 aromatic rings. The highest BCUT2D eigenvalue weighted by molar-refractivity contribution is 5.85. The zero-order valence-corrected chi connectivity index (χ0v) is 17.4. The van der Waals surface area contributed by atoms with Gasteiger partial charge in [0.1, 0.15) is 5.75 Å². The zero-order valence-electron chi connectivity index (χ0n) is 16.6. The van der Waals surface area contributed by atoms with Crippen LogP contribution >= 0.6 is 12.4 Å². The molecule has 0 radical (unpaired) electrons. The summed E-state index contributed by atoms with van der Waals surface area (Å²) in [7, 11) is 5.77. The van der Waals surface area contributed by atoms with E-state index in [0.29, 0.717) is 6.42 Å². The first-order chi connectivity index (χ1) is 13.0. The van der Waals surface area contributed by atoms with Crippen molar-refractivity contribution in [3.63, 3.8) is 0 Å². The quantitative estimate of drug-likeness (QED) is 0.725. The molecule has 0 fully saturated rings. The summed E-state index contributed by atoms with van der Waals surface area (Å²) in [4.78, 5) is 7.04. The van der Waals surface area contributed by atoms with Gasteiger partial charge in [-0.1, -0.05) is 30.3 Å². The van der Waals surface area contributed by atoms with E-state index in [2.05, 4.69) is 31.1 Å². The van der Waals surface area contributed by atoms with Gasteiger partial charge in [0.2, 0.25) is 0 Å². The third-order valence-electron chi connectivity index (χ3n) is 5.63. The van der Waals surface area contributed by atoms with Crippen LogP contribution < -0.4 is 4.74 Å². The minimum Gasteiger partial charge on any atom is -0.497 e. The van der Waals surface area contributed by atoms with Gasteiger partial charge in [-0.3, -0.25) is 4.98 Å². The molecule has 2 unspecified atom stereocenters. The second kappa shape index (κ2) is 8.08. The number of ether oxygens (including phenoxy) is 1. The lowest BCUT2D eigenvalue weighted by Gasteiger charge is -2.42. The second-order valence-corrected chi connectivity index (χ2v) is 7.78. The van der Waals surface area contributed by atoms with Crippen LogP contribution in [0.2, 0.25) is 0 Å². The Kier molecular flexibility index (Phi) is 5.94. The van der Waals surface area contributed by atoms with Gasteiger partial charge in [0, 0.05) is 30.0 Å². The number of methoxy groups -OCH3 is 1. The van der Waals surface area contributed by atoms with Crippen LogP contribution in [0, 0.1) is 5.92 Å². The summed E-state index contributed by atoms with van der Waals surface area (Å²) in [5.41, 5.74) is 3.15. The van der Waals surface area contributed by atoms with Gasteiger partial charge in [-0.25, -0.2) is 0 Å². The SMILES string of the molecule is COc1cccc(C2(O)Cc3nc4ccccc4cc3CC2CN(C)C)c1.Cl. The topological polar surface area (TPSA) is 45.6 Å². The van der Waals surface area contributed by atoms with Crippen molar-refractivity contribution in [1.29, 1.82) is 0 Å². The van der Waals surface area contributed by atoms with E-state index in [-0.39, 0.29) is 18.3 Å². The first-order valence-corrected chi connectivity index (χ1v) is 9.39. The maximum Gasteiger partial charge on any atom is 0.119 e. The van der Waals surface area contributed by atoms with E-state index < -0.39 is 5.60 Å². The molecule has 0 amide bonds. The molecule has 1 aliphatic rings. The number of pyridine rings is 1. The minimum absolute atomic E-state index is 0. The third kappa shape index (κ3) is 3.72. The van der Waals surface area contributed by atoms with Crippen LogP contribution in [0.25, 0.3) is 10.9 Å². The molecule has 1 N–H and O–H groups in total. The van der Waals surface area contributed by atoms with Crippen molar-refractivity contribution >= 4 is 23.3 Å². The third-order valence-corrected chi connectivity index (χ3v) is 5.63. The molecule has 0 aliphatic heterocycles. The number of hydrogen-bond acceptors (Lipinski definition) is 4. The molecule has 2 atom stereocenters. The molecule has 28 heavy (non-hydrogen) atoms. The van der Waals surface area contributed by atoms with E-state index >= 15 is 0 Å². The van der Waals surface area contributed by atoms with Crippen molar-refractivity contribution in [2.45, 2.75) is 18.4 Å². The summed E-state index contributed by atoms with van der Waals surface area (Å²) in [6, 6.07) is 18.2. The van der Waals surface area contributed by atoms with Gasteiger partial charge in [0.05, 0.1) is 18.2 Å². The molecule has 1 aliphatic carbocycles. The summed E-state index contributed by atoms with van der Waals surface area (Å²) in [6.45, 7) is 0.806. The Morgan fingerprint density at radius 2 is 1.93 bits per heavy atom. The number of aliphatic hydroxyl groups is 1. The second-order valence-electron chi connectivity index (χ2n) is 7.78. The Morgan fingerprint density at radius 3 is 2.68 bits per heavy atom. The molecule has 2 aromatic carbocycles. The number of fused-ring (bicyclic) bond motifs is 2. The average molecular weight is 399 g/mol. The highest BCUT2D eigenvalue weighted by atomic mass is 35.5. The zero-order chi connectivity index (χ0) is 19.0. The minimum atomic E-state index is -0.971. The molecular formula is C23H27ClN2O2. The Balaban J connectivity index is 0.00000225. The number of hydrogen-bond donors (Lipinski definition) is 1. The maximum absolute atomic E-state index is 11.9. The smallest absolute Gasteiger partial charge is 0.119 e. The number of halogens is 1. The largest absolute Gasteiger partial charge is 0.497 e. The van der Waals surface area contributed by atoms with Crippen LogP contribution in [0.15, 0.2) is 54.6 Å². The predicted octanol–water partition coefficient (Wildman–Crippen LogP) is 3.83. The number of benzene rings is 2. The average Bonchev–Trinajstić information content (AvgIpc) is 2.67. The predicted molar refractivity (Wildman–Crippen MR) is 115 cm³/mol. The van der Waals surface area contributed by atoms with Crippen LogP contribution in [0.4, 0.5) is 0 Å². The molecule has 4 rings (SSSR count). The molecule has 0 bridgehead atoms. The highest BCUT2D eigenvalue weighted by Gasteiger charge is 2.43. The monoisotopic (exact) mass is 398 g/mol. The Morgan fingerprint density at radius 1 is 1.14 bits per heavy atom. The van der Waals surface area contributed by atoms with E-state index in [4.69, 9.17) is 9.72 Å². The maximum atomic E-state index is 11.9. The van der Waals surface area contributed by atoms with E-state index in [1.165, 1.54) is 5.56 Å². The van der Waals surface area contributed by atoms with Gasteiger partial charge in [-0.05, 0) is 55.9 Å². The number of rotatable bonds is 4. The van der Waals surface area contributed by atoms with Gasteiger partial charge in [0.15, 0.2) is 0 Å². The van der Waals surface area contributed by atoms with E-state index in [0.717, 1.165) is 40.9 Å². The fourth-order valence-electron chi connectivity index (χ4n) is 4.25. The lowest BCUT2D eigenvalue weighted by molar-refractivity contribution is -0.0404. The fraction of sp³-hybridized carbons (Fsp3) is 0.348. The summed E-state index contributed by atoms with van der Waals surface area (Å²) >= 11 is 0. The molecule has 4 nitrogen and oxygen atoms in total. The summed E-state index contributed by atoms with van der Waals surface area (Å²) < 4.78 is 5.40. The Bertz CT molecular complexity index is 976. The first kappa shape index (κ1) is 20.6. The van der Waals surface area contributed by atoms with Crippen LogP contribution in [0.5, 0.6) is 5.75 Å². The van der Waals surface area contributed by atoms with Crippen molar-refractivity contribution in [3.8, 4) is 5.75 Å². The van der Waals surface area contributed by atoms with Crippen LogP contribution in [0.3, 0.4) is 0 Å². The molecule has 148 valence electrons. The van der Waals surface area contributed by atoms with Crippen molar-refractivity contribution in [3.05, 3.63) is 71.4 Å². The van der Waals surface area contributed by atoms with Crippen molar-refractivity contribution < 1.29 is 9.84 Å². The van der Waals surface area contributed by atoms with Crippen molar-refractivity contribution in [2.75, 3.05) is 27.7 Å². The standard InChI is InChI=1S/C23H26N2O2.ClH/c1-25(2)15-19-12-17-11-16-7-4-5-10-21(16)24-22(17)14-23(19,26)18-8-6-9-20(13-18)27-3;/h4-11,13,19,26H,12,14-15H2,1-3H3;1H. The highest BCUT2D eigenvalue weighted by Crippen LogP contribution is 2.42. The number of nitrogens with zero attached hydrogens (tertiary/aromatic N) is 2. The van der Waals surface area contributed by atoms with Gasteiger partial charge in [-0.2, -0.15) is 0 Å². The molecule has 1 aromatic heterocycles. The van der Waals surface area contributed by atoms with Gasteiger partial charge < -0.3 is 14.7 Å². The van der Waals surface area contributed by atoms with E-state index in [1.807, 2.05) is 42.5 Å². The Hall–Kier alpha value is -2.14. The number of aromatic nitrogens is 1. The fourth-order valence-corrected chi connectivity index (χ4v) is 4.25. The normalized spacial score (nSPS) is 21.2. The van der Waals surface area contributed by atoms with Crippen LogP contribution in [0.1, 0.15) is 16.8 Å². The molecule has 0 saturated heterocycles. The summed E-state index contributed by atoms with van der Waals surface area (Å²) in [5.74, 6) is 0.844. The lowest BCUT2D eigenvalue weighted by atomic mass is 9.70. The Labute approximate surface area is 172 Å². The van der Waals surface area contributed by atoms with Crippen molar-refractivity contribution in [2.24, 2.45) is 5.92 Å². The molecule has 0 spiro atoms. The summed E-state index contributed by atoms with van der Waals surface area (Å²) in [6.07, 6.45) is 1.32. The first-order valence-electron chi connectivity index (χ1n) is 9.39. The molecule has 5 heteroatoms. The molecular weight excluding hydrogens is 372 g/mol. The van der Waals surface area contributed by atoms with Gasteiger partial charge >= 0.3 is 0 Å². The van der Waals surface area contributed by atoms with E-state index in [9.17, 15) is 5.11 Å². The number of para-hydroxylation sites is 1. The molecule has 0 saturated carbocycles. The van der Waals surface area contributed by atoms with Crippen LogP contribution in [-0.2, 0) is 18.4 Å². The van der Waals surface area contributed by atoms with Crippen molar-refractivity contribution in [1.82, 2.24) is 9.88 Å². The summed E-state index contributed by atoms with van der Waals surface area (Å²) in [5, 5.41) is 13.0. The molecule has 1 heterocycles. The van der Waals surface area contributed by atoms with Crippen LogP contribution in [-0.4, -0.2) is 42.7 Å². The van der Waals surface area contributed by atoms with Gasteiger partial charge in [-0.15, -0.1) is 12.4 Å². The van der Waals surface area contributed by atoms with E-state index in [1.54, 1.807) is 7.11 Å². The van der Waals surface area contributed by atoms with Gasteiger partial charge in [0.25, 0.3) is 0 Å². The lowest BCUT2D eigenvalue weighted by Crippen LogP contribution is -2.46.